The third-order valence-electron chi connectivity index (χ3n) is 2.22. The first-order valence-electron chi connectivity index (χ1n) is 4.47. The molecule has 0 heterocycles. The van der Waals surface area contributed by atoms with Crippen molar-refractivity contribution in [2.24, 2.45) is 5.92 Å². The van der Waals surface area contributed by atoms with E-state index in [4.69, 9.17) is 4.74 Å². The van der Waals surface area contributed by atoms with Crippen LogP contribution in [-0.4, -0.2) is 26.3 Å². The fraction of sp³-hybridized carbons (Fsp3) is 0.889. The van der Waals surface area contributed by atoms with Crippen LogP contribution < -0.4 is 0 Å². The Hall–Kier alpha value is -0.570. The summed E-state index contributed by atoms with van der Waals surface area (Å²) in [6, 6.07) is 0. The summed E-state index contributed by atoms with van der Waals surface area (Å²) in [6.45, 7) is 0.662. The molecule has 0 aromatic rings. The number of carbonyl (C=O) groups excluding carboxylic acids is 1. The third-order valence-corrected chi connectivity index (χ3v) is 2.22. The molecule has 70 valence electrons. The largest absolute Gasteiger partial charge is 0.464 e. The lowest BCUT2D eigenvalue weighted by Gasteiger charge is -2.08. The summed E-state index contributed by atoms with van der Waals surface area (Å²) in [4.78, 5) is 10.9. The van der Waals surface area contributed by atoms with Crippen LogP contribution in [-0.2, 0) is 14.3 Å². The Balaban J connectivity index is 2.03. The highest BCUT2D eigenvalue weighted by molar-refractivity contribution is 5.70. The van der Waals surface area contributed by atoms with Crippen LogP contribution in [0.1, 0.15) is 25.7 Å². The van der Waals surface area contributed by atoms with E-state index in [0.717, 1.165) is 0 Å². The van der Waals surface area contributed by atoms with Gasteiger partial charge in [0.2, 0.25) is 0 Å². The first kappa shape index (κ1) is 9.52. The molecule has 1 saturated carbocycles. The van der Waals surface area contributed by atoms with Gasteiger partial charge in [0.05, 0.1) is 6.61 Å². The summed E-state index contributed by atoms with van der Waals surface area (Å²) in [5.74, 6) is 0.357. The molecule has 3 heteroatoms. The molecule has 3 nitrogen and oxygen atoms in total. The average Bonchev–Trinajstić information content (AvgIpc) is 2.53. The van der Waals surface area contributed by atoms with E-state index in [2.05, 4.69) is 4.74 Å². The minimum atomic E-state index is -0.246. The van der Waals surface area contributed by atoms with Crippen molar-refractivity contribution < 1.29 is 14.3 Å². The van der Waals surface area contributed by atoms with Crippen molar-refractivity contribution in [1.82, 2.24) is 0 Å². The van der Waals surface area contributed by atoms with E-state index in [0.29, 0.717) is 12.5 Å². The highest BCUT2D eigenvalue weighted by atomic mass is 16.6. The van der Waals surface area contributed by atoms with Gasteiger partial charge in [-0.3, -0.25) is 0 Å². The standard InChI is InChI=1S/C9H16O3/c1-11-7-9(10)12-6-8-4-2-3-5-8/h8H,2-7H2,1H3. The van der Waals surface area contributed by atoms with Crippen molar-refractivity contribution >= 4 is 5.97 Å². The van der Waals surface area contributed by atoms with Crippen LogP contribution >= 0.6 is 0 Å². The molecular weight excluding hydrogens is 156 g/mol. The molecule has 0 aromatic carbocycles. The van der Waals surface area contributed by atoms with Crippen molar-refractivity contribution in [3.05, 3.63) is 0 Å². The topological polar surface area (TPSA) is 35.5 Å². The molecule has 0 unspecified atom stereocenters. The maximum atomic E-state index is 10.9. The van der Waals surface area contributed by atoms with Gasteiger partial charge in [0.25, 0.3) is 0 Å². The molecule has 0 N–H and O–H groups in total. The van der Waals surface area contributed by atoms with Crippen LogP contribution in [0.5, 0.6) is 0 Å². The summed E-state index contributed by atoms with van der Waals surface area (Å²) < 4.78 is 9.65. The Morgan fingerprint density at radius 1 is 1.42 bits per heavy atom. The predicted molar refractivity (Wildman–Crippen MR) is 44.8 cm³/mol. The number of rotatable bonds is 4. The van der Waals surface area contributed by atoms with Crippen molar-refractivity contribution in [3.8, 4) is 0 Å². The highest BCUT2D eigenvalue weighted by Gasteiger charge is 2.16. The van der Waals surface area contributed by atoms with E-state index in [1.165, 1.54) is 32.8 Å². The van der Waals surface area contributed by atoms with Gasteiger partial charge in [-0.15, -0.1) is 0 Å². The van der Waals surface area contributed by atoms with Crippen molar-refractivity contribution in [2.45, 2.75) is 25.7 Å². The summed E-state index contributed by atoms with van der Waals surface area (Å²) >= 11 is 0. The third kappa shape index (κ3) is 3.22. The second kappa shape index (κ2) is 5.14. The molecule has 0 bridgehead atoms. The van der Waals surface area contributed by atoms with Crippen LogP contribution in [0.2, 0.25) is 0 Å². The van der Waals surface area contributed by atoms with E-state index in [1.807, 2.05) is 0 Å². The van der Waals surface area contributed by atoms with Crippen LogP contribution in [0, 0.1) is 5.92 Å². The Labute approximate surface area is 73.0 Å². The summed E-state index contributed by atoms with van der Waals surface area (Å²) in [5, 5.41) is 0. The highest BCUT2D eigenvalue weighted by Crippen LogP contribution is 2.24. The molecule has 0 aromatic heterocycles. The normalized spacial score (nSPS) is 18.1. The molecule has 1 rings (SSSR count). The van der Waals surface area contributed by atoms with Gasteiger partial charge in [0, 0.05) is 7.11 Å². The molecule has 0 spiro atoms. The summed E-state index contributed by atoms with van der Waals surface area (Å²) in [6.07, 6.45) is 4.99. The molecular formula is C9H16O3. The van der Waals surface area contributed by atoms with Gasteiger partial charge in [-0.1, -0.05) is 12.8 Å². The number of hydrogen-bond acceptors (Lipinski definition) is 3. The fourth-order valence-electron chi connectivity index (χ4n) is 1.55. The lowest BCUT2D eigenvalue weighted by atomic mass is 10.1. The second-order valence-corrected chi connectivity index (χ2v) is 3.27. The Kier molecular flexibility index (Phi) is 4.08. The maximum Gasteiger partial charge on any atom is 0.332 e. The fourth-order valence-corrected chi connectivity index (χ4v) is 1.55. The van der Waals surface area contributed by atoms with Crippen LogP contribution in [0.3, 0.4) is 0 Å². The van der Waals surface area contributed by atoms with Gasteiger partial charge in [-0.2, -0.15) is 0 Å². The number of esters is 1. The zero-order valence-electron chi connectivity index (χ0n) is 7.54. The Bertz CT molecular complexity index is 139. The molecule has 1 aliphatic rings. The number of methoxy groups -OCH3 is 1. The SMILES string of the molecule is COCC(=O)OCC1CCCC1. The molecule has 0 radical (unpaired) electrons. The van der Waals surface area contributed by atoms with Gasteiger partial charge in [0.15, 0.2) is 0 Å². The summed E-state index contributed by atoms with van der Waals surface area (Å²) in [7, 11) is 1.50. The van der Waals surface area contributed by atoms with E-state index in [1.54, 1.807) is 0 Å². The number of carbonyl (C=O) groups is 1. The molecule has 0 amide bonds. The smallest absolute Gasteiger partial charge is 0.332 e. The average molecular weight is 172 g/mol. The quantitative estimate of drug-likeness (QED) is 0.601. The monoisotopic (exact) mass is 172 g/mol. The molecule has 1 aliphatic carbocycles. The van der Waals surface area contributed by atoms with E-state index < -0.39 is 0 Å². The van der Waals surface area contributed by atoms with Crippen molar-refractivity contribution in [2.75, 3.05) is 20.3 Å². The van der Waals surface area contributed by atoms with Crippen molar-refractivity contribution in [3.63, 3.8) is 0 Å². The minimum absolute atomic E-state index is 0.0761. The second-order valence-electron chi connectivity index (χ2n) is 3.27. The van der Waals surface area contributed by atoms with Crippen LogP contribution in [0.25, 0.3) is 0 Å². The molecule has 0 aliphatic heterocycles. The Morgan fingerprint density at radius 2 is 2.08 bits per heavy atom. The van der Waals surface area contributed by atoms with Gasteiger partial charge in [-0.05, 0) is 18.8 Å². The van der Waals surface area contributed by atoms with Gasteiger partial charge in [0.1, 0.15) is 6.61 Å². The van der Waals surface area contributed by atoms with Crippen LogP contribution in [0.4, 0.5) is 0 Å². The van der Waals surface area contributed by atoms with E-state index in [9.17, 15) is 4.79 Å². The zero-order chi connectivity index (χ0) is 8.81. The lowest BCUT2D eigenvalue weighted by Crippen LogP contribution is -2.15. The first-order chi connectivity index (χ1) is 5.83. The molecule has 12 heavy (non-hydrogen) atoms. The maximum absolute atomic E-state index is 10.9. The van der Waals surface area contributed by atoms with E-state index >= 15 is 0 Å². The minimum Gasteiger partial charge on any atom is -0.464 e. The van der Waals surface area contributed by atoms with E-state index in [-0.39, 0.29) is 12.6 Å². The zero-order valence-corrected chi connectivity index (χ0v) is 7.54. The Morgan fingerprint density at radius 3 is 2.67 bits per heavy atom. The molecule has 0 atom stereocenters. The number of ether oxygens (including phenoxy) is 2. The van der Waals surface area contributed by atoms with Crippen LogP contribution in [0.15, 0.2) is 0 Å². The van der Waals surface area contributed by atoms with Crippen molar-refractivity contribution in [1.29, 1.82) is 0 Å². The van der Waals surface area contributed by atoms with Gasteiger partial charge in [-0.25, -0.2) is 4.79 Å². The van der Waals surface area contributed by atoms with Gasteiger partial charge < -0.3 is 9.47 Å². The molecule has 1 fully saturated rings. The predicted octanol–water partition coefficient (Wildman–Crippen LogP) is 1.37. The lowest BCUT2D eigenvalue weighted by molar-refractivity contribution is -0.149. The summed E-state index contributed by atoms with van der Waals surface area (Å²) in [5.41, 5.74) is 0. The number of hydrogen-bond donors (Lipinski definition) is 0. The van der Waals surface area contributed by atoms with Gasteiger partial charge >= 0.3 is 5.97 Å². The first-order valence-corrected chi connectivity index (χ1v) is 4.47. The molecule has 0 saturated heterocycles.